The molecule has 0 aliphatic heterocycles. The number of nitrogens with zero attached hydrogens (tertiary/aromatic N) is 1. The van der Waals surface area contributed by atoms with Crippen LogP contribution in [-0.2, 0) is 4.79 Å². The fraction of sp³-hybridized carbons (Fsp3) is 0.273. The Labute approximate surface area is 115 Å². The summed E-state index contributed by atoms with van der Waals surface area (Å²) in [6, 6.07) is 2.02. The fourth-order valence-electron chi connectivity index (χ4n) is 1.42. The molecule has 1 N–H and O–H groups in total. The number of carbonyl (C=O) groups is 1. The van der Waals surface area contributed by atoms with Crippen LogP contribution in [0.25, 0.3) is 9.88 Å². The van der Waals surface area contributed by atoms with Gasteiger partial charge >= 0.3 is 5.97 Å². The van der Waals surface area contributed by atoms with Crippen LogP contribution < -0.4 is 0 Å². The number of aliphatic carboxylic acids is 1. The van der Waals surface area contributed by atoms with Gasteiger partial charge < -0.3 is 5.11 Å². The summed E-state index contributed by atoms with van der Waals surface area (Å²) in [5.41, 5.74) is 0.858. The van der Waals surface area contributed by atoms with Crippen molar-refractivity contribution in [1.82, 2.24) is 4.98 Å². The van der Waals surface area contributed by atoms with Crippen molar-refractivity contribution >= 4 is 44.6 Å². The van der Waals surface area contributed by atoms with Crippen molar-refractivity contribution in [1.29, 1.82) is 0 Å². The van der Waals surface area contributed by atoms with Crippen molar-refractivity contribution < 1.29 is 9.90 Å². The quantitative estimate of drug-likeness (QED) is 0.912. The Morgan fingerprint density at radius 1 is 1.53 bits per heavy atom. The lowest BCUT2D eigenvalue weighted by atomic mass is 10.1. The van der Waals surface area contributed by atoms with Gasteiger partial charge in [-0.3, -0.25) is 4.79 Å². The average Bonchev–Trinajstić information content (AvgIpc) is 2.84. The lowest BCUT2D eigenvalue weighted by Crippen LogP contribution is -2.02. The minimum absolute atomic E-state index is 0.0408. The normalized spacial score (nSPS) is 12.6. The van der Waals surface area contributed by atoms with E-state index < -0.39 is 5.97 Å². The molecule has 6 heteroatoms. The minimum atomic E-state index is -0.786. The Balaban J connectivity index is 2.18. The van der Waals surface area contributed by atoms with Crippen molar-refractivity contribution in [3.63, 3.8) is 0 Å². The number of carboxylic acid groups (broad SMARTS) is 1. The summed E-state index contributed by atoms with van der Waals surface area (Å²) in [5, 5.41) is 13.6. The molecule has 1 unspecified atom stereocenters. The number of thiazole rings is 1. The summed E-state index contributed by atoms with van der Waals surface area (Å²) in [5.74, 6) is -0.827. The molecule has 0 fully saturated rings. The first-order valence-corrected chi connectivity index (χ1v) is 7.53. The van der Waals surface area contributed by atoms with E-state index in [0.717, 1.165) is 20.1 Å². The third kappa shape index (κ3) is 3.14. The van der Waals surface area contributed by atoms with Gasteiger partial charge in [0, 0.05) is 21.2 Å². The SMILES string of the molecule is CC(CC(=O)O)c1csc(-c2cc(Br)cs2)n1. The van der Waals surface area contributed by atoms with E-state index in [-0.39, 0.29) is 12.3 Å². The molecule has 0 amide bonds. The standard InChI is InChI=1S/C11H10BrNO2S2/c1-6(2-10(14)15)8-5-17-11(13-8)9-3-7(12)4-16-9/h3-6H,2H2,1H3,(H,14,15). The zero-order valence-corrected chi connectivity index (χ0v) is 12.2. The fourth-order valence-corrected chi connectivity index (χ4v) is 3.87. The van der Waals surface area contributed by atoms with Crippen LogP contribution in [0.1, 0.15) is 25.0 Å². The van der Waals surface area contributed by atoms with E-state index in [0.29, 0.717) is 0 Å². The van der Waals surface area contributed by atoms with Gasteiger partial charge in [0.1, 0.15) is 5.01 Å². The Kier molecular flexibility index (Phi) is 3.96. The van der Waals surface area contributed by atoms with Crippen molar-refractivity contribution in [2.24, 2.45) is 0 Å². The van der Waals surface area contributed by atoms with Crippen LogP contribution in [0, 0.1) is 0 Å². The highest BCUT2D eigenvalue weighted by molar-refractivity contribution is 9.10. The van der Waals surface area contributed by atoms with Crippen LogP contribution in [0.4, 0.5) is 0 Å². The molecule has 0 spiro atoms. The molecular formula is C11H10BrNO2S2. The van der Waals surface area contributed by atoms with E-state index in [9.17, 15) is 4.79 Å². The van der Waals surface area contributed by atoms with Crippen LogP contribution in [0.15, 0.2) is 21.3 Å². The molecule has 0 saturated carbocycles. The number of hydrogen-bond acceptors (Lipinski definition) is 4. The number of halogens is 1. The van der Waals surface area contributed by atoms with E-state index in [2.05, 4.69) is 20.9 Å². The number of hydrogen-bond donors (Lipinski definition) is 1. The lowest BCUT2D eigenvalue weighted by molar-refractivity contribution is -0.137. The van der Waals surface area contributed by atoms with E-state index in [1.165, 1.54) is 0 Å². The third-order valence-electron chi connectivity index (χ3n) is 2.29. The highest BCUT2D eigenvalue weighted by atomic mass is 79.9. The van der Waals surface area contributed by atoms with Gasteiger partial charge in [-0.25, -0.2) is 4.98 Å². The summed E-state index contributed by atoms with van der Waals surface area (Å²) >= 11 is 6.59. The number of thiophene rings is 1. The molecule has 2 heterocycles. The zero-order valence-electron chi connectivity index (χ0n) is 9.01. The van der Waals surface area contributed by atoms with Gasteiger partial charge in [-0.1, -0.05) is 6.92 Å². The molecule has 17 heavy (non-hydrogen) atoms. The molecule has 2 aromatic rings. The zero-order chi connectivity index (χ0) is 12.4. The second-order valence-corrected chi connectivity index (χ2v) is 6.39. The third-order valence-corrected chi connectivity index (χ3v) is 5.01. The summed E-state index contributed by atoms with van der Waals surface area (Å²) in [6.45, 7) is 1.89. The van der Waals surface area contributed by atoms with Gasteiger partial charge in [0.25, 0.3) is 0 Å². The average molecular weight is 332 g/mol. The first-order chi connectivity index (χ1) is 8.06. The van der Waals surface area contributed by atoms with Crippen molar-refractivity contribution in [2.75, 3.05) is 0 Å². The van der Waals surface area contributed by atoms with Crippen LogP contribution in [0.5, 0.6) is 0 Å². The summed E-state index contributed by atoms with van der Waals surface area (Å²) in [7, 11) is 0. The molecule has 3 nitrogen and oxygen atoms in total. The van der Waals surface area contributed by atoms with E-state index in [1.54, 1.807) is 22.7 Å². The summed E-state index contributed by atoms with van der Waals surface area (Å²) < 4.78 is 1.05. The topological polar surface area (TPSA) is 50.2 Å². The maximum absolute atomic E-state index is 10.6. The Morgan fingerprint density at radius 3 is 2.88 bits per heavy atom. The van der Waals surface area contributed by atoms with Crippen molar-refractivity contribution in [3.05, 3.63) is 27.0 Å². The first kappa shape index (κ1) is 12.7. The number of aromatic nitrogens is 1. The summed E-state index contributed by atoms with van der Waals surface area (Å²) in [6.07, 6.45) is 0.122. The molecule has 0 radical (unpaired) electrons. The van der Waals surface area contributed by atoms with E-state index in [4.69, 9.17) is 5.11 Å². The molecule has 90 valence electrons. The molecule has 1 atom stereocenters. The second-order valence-electron chi connectivity index (χ2n) is 3.71. The van der Waals surface area contributed by atoms with Gasteiger partial charge in [-0.15, -0.1) is 22.7 Å². The van der Waals surface area contributed by atoms with Crippen LogP contribution >= 0.6 is 38.6 Å². The molecule has 2 rings (SSSR count). The maximum atomic E-state index is 10.6. The van der Waals surface area contributed by atoms with Crippen LogP contribution in [-0.4, -0.2) is 16.1 Å². The monoisotopic (exact) mass is 331 g/mol. The van der Waals surface area contributed by atoms with Gasteiger partial charge in [0.15, 0.2) is 0 Å². The molecule has 0 aliphatic rings. The number of rotatable bonds is 4. The molecule has 2 aromatic heterocycles. The number of carboxylic acids is 1. The molecule has 0 bridgehead atoms. The Hall–Kier alpha value is -0.720. The lowest BCUT2D eigenvalue weighted by Gasteiger charge is -2.03. The summed E-state index contributed by atoms with van der Waals surface area (Å²) in [4.78, 5) is 16.2. The van der Waals surface area contributed by atoms with Crippen LogP contribution in [0.2, 0.25) is 0 Å². The molecule has 0 saturated heterocycles. The second kappa shape index (κ2) is 5.29. The molecule has 0 aliphatic carbocycles. The minimum Gasteiger partial charge on any atom is -0.481 e. The highest BCUT2D eigenvalue weighted by Crippen LogP contribution is 2.33. The van der Waals surface area contributed by atoms with Crippen LogP contribution in [0.3, 0.4) is 0 Å². The van der Waals surface area contributed by atoms with Gasteiger partial charge in [-0.05, 0) is 22.0 Å². The molecule has 0 aromatic carbocycles. The van der Waals surface area contributed by atoms with Crippen molar-refractivity contribution in [2.45, 2.75) is 19.3 Å². The van der Waals surface area contributed by atoms with Gasteiger partial charge in [0.05, 0.1) is 17.0 Å². The van der Waals surface area contributed by atoms with E-state index in [1.807, 2.05) is 23.8 Å². The van der Waals surface area contributed by atoms with Gasteiger partial charge in [-0.2, -0.15) is 0 Å². The Morgan fingerprint density at radius 2 is 2.29 bits per heavy atom. The maximum Gasteiger partial charge on any atom is 0.304 e. The highest BCUT2D eigenvalue weighted by Gasteiger charge is 2.14. The Bertz CT molecular complexity index is 535. The molecular weight excluding hydrogens is 322 g/mol. The smallest absolute Gasteiger partial charge is 0.304 e. The predicted octanol–water partition coefficient (Wildman–Crippen LogP) is 4.21. The van der Waals surface area contributed by atoms with Crippen molar-refractivity contribution in [3.8, 4) is 9.88 Å². The predicted molar refractivity (Wildman–Crippen MR) is 73.8 cm³/mol. The van der Waals surface area contributed by atoms with Gasteiger partial charge in [0.2, 0.25) is 0 Å². The largest absolute Gasteiger partial charge is 0.481 e. The van der Waals surface area contributed by atoms with E-state index >= 15 is 0 Å². The first-order valence-electron chi connectivity index (χ1n) is 4.98.